The van der Waals surface area contributed by atoms with Gasteiger partial charge < -0.3 is 4.74 Å². The molecule has 5 heteroatoms. The molecule has 0 heterocycles. The van der Waals surface area contributed by atoms with Crippen LogP contribution in [0.2, 0.25) is 5.02 Å². The first-order valence-corrected chi connectivity index (χ1v) is 6.07. The maximum Gasteiger partial charge on any atom is 0.276 e. The van der Waals surface area contributed by atoms with E-state index in [0.29, 0.717) is 16.3 Å². The van der Waals surface area contributed by atoms with E-state index < -0.39 is 4.92 Å². The molecule has 2 aromatic carbocycles. The van der Waals surface area contributed by atoms with E-state index in [2.05, 4.69) is 0 Å². The zero-order valence-corrected chi connectivity index (χ0v) is 11.1. The van der Waals surface area contributed by atoms with E-state index in [1.54, 1.807) is 30.3 Å². The van der Waals surface area contributed by atoms with Crippen LogP contribution in [0.1, 0.15) is 11.1 Å². The number of para-hydroxylation sites is 1. The van der Waals surface area contributed by atoms with Crippen molar-refractivity contribution in [1.29, 1.82) is 0 Å². The van der Waals surface area contributed by atoms with Crippen molar-refractivity contribution >= 4 is 17.3 Å². The van der Waals surface area contributed by atoms with Gasteiger partial charge in [-0.3, -0.25) is 10.1 Å². The average molecular weight is 278 g/mol. The molecule has 0 aromatic heterocycles. The van der Waals surface area contributed by atoms with Crippen molar-refractivity contribution < 1.29 is 9.66 Å². The lowest BCUT2D eigenvalue weighted by molar-refractivity contribution is -0.385. The minimum Gasteiger partial charge on any atom is -0.487 e. The van der Waals surface area contributed by atoms with E-state index in [1.165, 1.54) is 6.07 Å². The van der Waals surface area contributed by atoms with E-state index in [-0.39, 0.29) is 12.3 Å². The average Bonchev–Trinajstić information content (AvgIpc) is 2.38. The molecule has 0 bridgehead atoms. The number of hydrogen-bond donors (Lipinski definition) is 0. The summed E-state index contributed by atoms with van der Waals surface area (Å²) in [5.74, 6) is 0.519. The van der Waals surface area contributed by atoms with Crippen molar-refractivity contribution in [2.24, 2.45) is 0 Å². The summed E-state index contributed by atoms with van der Waals surface area (Å²) in [5, 5.41) is 11.4. The number of aryl methyl sites for hydroxylation is 1. The molecule has 0 amide bonds. The van der Waals surface area contributed by atoms with Crippen LogP contribution in [-0.2, 0) is 6.61 Å². The zero-order chi connectivity index (χ0) is 13.8. The molecule has 0 aliphatic carbocycles. The molecule has 4 nitrogen and oxygen atoms in total. The largest absolute Gasteiger partial charge is 0.487 e. The summed E-state index contributed by atoms with van der Waals surface area (Å²) in [6.45, 7) is 2.04. The number of benzene rings is 2. The van der Waals surface area contributed by atoms with Crippen molar-refractivity contribution in [3.8, 4) is 5.75 Å². The Kier molecular flexibility index (Phi) is 4.02. The molecule has 0 unspecified atom stereocenters. The molecule has 0 saturated carbocycles. The summed E-state index contributed by atoms with van der Waals surface area (Å²) in [6, 6.07) is 11.9. The Balaban J connectivity index is 2.17. The van der Waals surface area contributed by atoms with Gasteiger partial charge in [-0.05, 0) is 30.7 Å². The molecule has 0 N–H and O–H groups in total. The summed E-state index contributed by atoms with van der Waals surface area (Å²) in [4.78, 5) is 10.4. The van der Waals surface area contributed by atoms with Crippen molar-refractivity contribution in [1.82, 2.24) is 0 Å². The molecular formula is C14H12ClNO3. The lowest BCUT2D eigenvalue weighted by Crippen LogP contribution is -2.00. The highest BCUT2D eigenvalue weighted by Gasteiger charge is 2.13. The van der Waals surface area contributed by atoms with Gasteiger partial charge in [0.05, 0.1) is 15.5 Å². The van der Waals surface area contributed by atoms with Gasteiger partial charge in [0.15, 0.2) is 0 Å². The van der Waals surface area contributed by atoms with Crippen LogP contribution in [0.4, 0.5) is 5.69 Å². The molecular weight excluding hydrogens is 266 g/mol. The number of hydrogen-bond acceptors (Lipinski definition) is 3. The van der Waals surface area contributed by atoms with Crippen molar-refractivity contribution in [2.75, 3.05) is 0 Å². The lowest BCUT2D eigenvalue weighted by Gasteiger charge is -2.08. The first kappa shape index (κ1) is 13.4. The maximum absolute atomic E-state index is 10.9. The second-order valence-electron chi connectivity index (χ2n) is 4.11. The third-order valence-electron chi connectivity index (χ3n) is 2.66. The lowest BCUT2D eigenvalue weighted by atomic mass is 10.2. The van der Waals surface area contributed by atoms with Crippen LogP contribution >= 0.6 is 11.6 Å². The van der Waals surface area contributed by atoms with E-state index in [4.69, 9.17) is 16.3 Å². The van der Waals surface area contributed by atoms with Gasteiger partial charge >= 0.3 is 0 Å². The number of halogens is 1. The van der Waals surface area contributed by atoms with Crippen LogP contribution in [0.3, 0.4) is 0 Å². The van der Waals surface area contributed by atoms with Crippen molar-refractivity contribution in [2.45, 2.75) is 13.5 Å². The highest BCUT2D eigenvalue weighted by Crippen LogP contribution is 2.27. The van der Waals surface area contributed by atoms with Gasteiger partial charge in [-0.1, -0.05) is 29.8 Å². The Labute approximate surface area is 115 Å². The first-order chi connectivity index (χ1) is 9.08. The van der Waals surface area contributed by atoms with Gasteiger partial charge in [0, 0.05) is 6.07 Å². The Morgan fingerprint density at radius 3 is 2.68 bits per heavy atom. The summed E-state index contributed by atoms with van der Waals surface area (Å²) >= 11 is 6.04. The van der Waals surface area contributed by atoms with Crippen LogP contribution in [0, 0.1) is 17.0 Å². The predicted octanol–water partition coefficient (Wildman–Crippen LogP) is 4.14. The quantitative estimate of drug-likeness (QED) is 0.623. The molecule has 2 rings (SSSR count). The minimum absolute atomic E-state index is 0.0470. The number of ether oxygens (including phenoxy) is 1. The van der Waals surface area contributed by atoms with E-state index in [1.807, 2.05) is 13.0 Å². The van der Waals surface area contributed by atoms with Gasteiger partial charge in [0.2, 0.25) is 0 Å². The molecule has 2 aromatic rings. The highest BCUT2D eigenvalue weighted by molar-refractivity contribution is 6.32. The molecule has 19 heavy (non-hydrogen) atoms. The summed E-state index contributed by atoms with van der Waals surface area (Å²) < 4.78 is 5.53. The zero-order valence-electron chi connectivity index (χ0n) is 10.3. The number of nitro benzene ring substituents is 1. The third-order valence-corrected chi connectivity index (χ3v) is 2.95. The van der Waals surface area contributed by atoms with Gasteiger partial charge in [-0.2, -0.15) is 0 Å². The van der Waals surface area contributed by atoms with Gasteiger partial charge in [-0.15, -0.1) is 0 Å². The molecule has 0 fully saturated rings. The first-order valence-electron chi connectivity index (χ1n) is 5.69. The number of rotatable bonds is 4. The SMILES string of the molecule is Cc1ccc(OCc2ccccc2[N+](=O)[O-])c(Cl)c1. The minimum atomic E-state index is -0.421. The predicted molar refractivity (Wildman–Crippen MR) is 73.6 cm³/mol. The van der Waals surface area contributed by atoms with Crippen LogP contribution in [0.25, 0.3) is 0 Å². The Morgan fingerprint density at radius 1 is 1.26 bits per heavy atom. The fourth-order valence-electron chi connectivity index (χ4n) is 1.69. The van der Waals surface area contributed by atoms with E-state index in [0.717, 1.165) is 5.56 Å². The Hall–Kier alpha value is -2.07. The van der Waals surface area contributed by atoms with Crippen LogP contribution in [0.5, 0.6) is 5.75 Å². The van der Waals surface area contributed by atoms with Gasteiger partial charge in [0.25, 0.3) is 5.69 Å². The summed E-state index contributed by atoms with van der Waals surface area (Å²) in [7, 11) is 0. The normalized spacial score (nSPS) is 10.2. The fourth-order valence-corrected chi connectivity index (χ4v) is 1.98. The second kappa shape index (κ2) is 5.71. The van der Waals surface area contributed by atoms with Crippen LogP contribution < -0.4 is 4.74 Å². The monoisotopic (exact) mass is 277 g/mol. The molecule has 0 atom stereocenters. The van der Waals surface area contributed by atoms with Gasteiger partial charge in [-0.25, -0.2) is 0 Å². The second-order valence-corrected chi connectivity index (χ2v) is 4.52. The van der Waals surface area contributed by atoms with Crippen molar-refractivity contribution in [3.05, 3.63) is 68.7 Å². The highest BCUT2D eigenvalue weighted by atomic mass is 35.5. The van der Waals surface area contributed by atoms with Crippen LogP contribution in [-0.4, -0.2) is 4.92 Å². The van der Waals surface area contributed by atoms with Crippen molar-refractivity contribution in [3.63, 3.8) is 0 Å². The number of nitro groups is 1. The van der Waals surface area contributed by atoms with E-state index >= 15 is 0 Å². The number of nitrogens with zero attached hydrogens (tertiary/aromatic N) is 1. The standard InChI is InChI=1S/C14H12ClNO3/c1-10-6-7-14(12(15)8-10)19-9-11-4-2-3-5-13(11)16(17)18/h2-8H,9H2,1H3. The third kappa shape index (κ3) is 3.23. The Bertz CT molecular complexity index is 613. The molecule has 0 aliphatic rings. The summed E-state index contributed by atoms with van der Waals surface area (Å²) in [6.07, 6.45) is 0. The molecule has 98 valence electrons. The Morgan fingerprint density at radius 2 is 2.00 bits per heavy atom. The molecule has 0 saturated heterocycles. The maximum atomic E-state index is 10.9. The van der Waals surface area contributed by atoms with Gasteiger partial charge in [0.1, 0.15) is 12.4 Å². The smallest absolute Gasteiger partial charge is 0.276 e. The topological polar surface area (TPSA) is 52.4 Å². The van der Waals surface area contributed by atoms with E-state index in [9.17, 15) is 10.1 Å². The van der Waals surface area contributed by atoms with Crippen LogP contribution in [0.15, 0.2) is 42.5 Å². The molecule has 0 aliphatic heterocycles. The summed E-state index contributed by atoms with van der Waals surface area (Å²) in [5.41, 5.74) is 1.60. The molecule has 0 radical (unpaired) electrons. The fraction of sp³-hybridized carbons (Fsp3) is 0.143. The molecule has 0 spiro atoms.